The SMILES string of the molecule is CNC(=O)[C@@H](NC(=O)[C@@H](CCc1ccccc1)CN(O)C(C)=O)C(C)(C)C.CNC(=O)[C@@H](NC(=O)[C@@H](CCc1ccccc1)CN(OCc1ccccc1)C(C)=O)C(C)(C)C. The van der Waals surface area contributed by atoms with Crippen LogP contribution in [-0.2, 0) is 53.1 Å². The van der Waals surface area contributed by atoms with Crippen LogP contribution >= 0.6 is 0 Å². The molecule has 3 aromatic carbocycles. The lowest BCUT2D eigenvalue weighted by atomic mass is 9.85. The normalized spacial score (nSPS) is 13.2. The van der Waals surface area contributed by atoms with Gasteiger partial charge in [-0.1, -0.05) is 133 Å². The van der Waals surface area contributed by atoms with Crippen molar-refractivity contribution in [1.82, 2.24) is 31.4 Å². The van der Waals surface area contributed by atoms with Crippen LogP contribution < -0.4 is 21.3 Å². The van der Waals surface area contributed by atoms with Gasteiger partial charge in [0.25, 0.3) is 0 Å². The number of hydrogen-bond acceptors (Lipinski definition) is 8. The first kappa shape index (κ1) is 51.5. The molecular weight excluding hydrogens is 777 g/mol. The second kappa shape index (κ2) is 25.2. The minimum Gasteiger partial charge on any atom is -0.357 e. The first-order valence-electron chi connectivity index (χ1n) is 20.7. The van der Waals surface area contributed by atoms with Crippen molar-refractivity contribution in [2.75, 3.05) is 27.2 Å². The van der Waals surface area contributed by atoms with E-state index in [9.17, 15) is 34.0 Å². The van der Waals surface area contributed by atoms with Gasteiger partial charge in [-0.15, -0.1) is 0 Å². The largest absolute Gasteiger partial charge is 0.357 e. The van der Waals surface area contributed by atoms with Gasteiger partial charge in [0.05, 0.1) is 24.9 Å². The molecule has 5 N–H and O–H groups in total. The van der Waals surface area contributed by atoms with Gasteiger partial charge >= 0.3 is 0 Å². The summed E-state index contributed by atoms with van der Waals surface area (Å²) in [6.07, 6.45) is 2.21. The van der Waals surface area contributed by atoms with E-state index in [1.165, 1.54) is 26.0 Å². The number of amides is 6. The predicted octanol–water partition coefficient (Wildman–Crippen LogP) is 5.24. The number of hydrogen-bond donors (Lipinski definition) is 5. The highest BCUT2D eigenvalue weighted by molar-refractivity contribution is 5.90. The predicted molar refractivity (Wildman–Crippen MR) is 235 cm³/mol. The molecule has 0 saturated carbocycles. The molecule has 0 aromatic heterocycles. The molecule has 3 aromatic rings. The molecule has 0 unspecified atom stereocenters. The molecule has 6 amide bonds. The number of nitrogens with one attached hydrogen (secondary N) is 4. The van der Waals surface area contributed by atoms with Gasteiger partial charge in [-0.05, 0) is 53.2 Å². The van der Waals surface area contributed by atoms with Crippen LogP contribution in [0.15, 0.2) is 91.0 Å². The lowest BCUT2D eigenvalue weighted by Crippen LogP contribution is -2.55. The third-order valence-electron chi connectivity index (χ3n) is 10.0. The van der Waals surface area contributed by atoms with Gasteiger partial charge in [-0.2, -0.15) is 0 Å². The summed E-state index contributed by atoms with van der Waals surface area (Å²) in [4.78, 5) is 80.4. The number of carbonyl (C=O) groups is 6. The Morgan fingerprint density at radius 2 is 0.918 bits per heavy atom. The summed E-state index contributed by atoms with van der Waals surface area (Å²) in [5, 5.41) is 22.5. The molecule has 0 aliphatic rings. The zero-order chi connectivity index (χ0) is 45.8. The zero-order valence-electron chi connectivity index (χ0n) is 37.6. The Morgan fingerprint density at radius 1 is 0.557 bits per heavy atom. The van der Waals surface area contributed by atoms with E-state index in [2.05, 4.69) is 21.3 Å². The number of rotatable bonds is 19. The first-order chi connectivity index (χ1) is 28.7. The lowest BCUT2D eigenvalue weighted by Gasteiger charge is -2.32. The Balaban J connectivity index is 0.000000432. The number of hydroxylamine groups is 4. The molecule has 0 aliphatic heterocycles. The minimum atomic E-state index is -0.723. The fourth-order valence-corrected chi connectivity index (χ4v) is 6.28. The highest BCUT2D eigenvalue weighted by Gasteiger charge is 2.36. The van der Waals surface area contributed by atoms with Crippen molar-refractivity contribution in [3.63, 3.8) is 0 Å². The van der Waals surface area contributed by atoms with Crippen LogP contribution in [0.2, 0.25) is 0 Å². The fourth-order valence-electron chi connectivity index (χ4n) is 6.28. The van der Waals surface area contributed by atoms with E-state index in [4.69, 9.17) is 4.84 Å². The van der Waals surface area contributed by atoms with Crippen molar-refractivity contribution >= 4 is 35.4 Å². The third-order valence-corrected chi connectivity index (χ3v) is 10.0. The molecule has 0 bridgehead atoms. The number of likely N-dealkylation sites (N-methyl/N-ethyl adjacent to an activating group) is 2. The van der Waals surface area contributed by atoms with E-state index in [-0.39, 0.29) is 49.2 Å². The minimum absolute atomic E-state index is 0.0887. The molecule has 0 heterocycles. The van der Waals surface area contributed by atoms with Crippen LogP contribution in [0.3, 0.4) is 0 Å². The number of carbonyl (C=O) groups excluding carboxylic acids is 6. The summed E-state index contributed by atoms with van der Waals surface area (Å²) in [5.41, 5.74) is 2.11. The van der Waals surface area contributed by atoms with Crippen LogP contribution in [0, 0.1) is 22.7 Å². The first-order valence-corrected chi connectivity index (χ1v) is 20.7. The Kier molecular flexibility index (Phi) is 21.3. The highest BCUT2D eigenvalue weighted by Crippen LogP contribution is 2.23. The fraction of sp³-hybridized carbons (Fsp3) is 0.489. The van der Waals surface area contributed by atoms with E-state index in [1.807, 2.05) is 133 Å². The van der Waals surface area contributed by atoms with Gasteiger partial charge < -0.3 is 21.3 Å². The summed E-state index contributed by atoms with van der Waals surface area (Å²) in [5.74, 6) is -3.22. The van der Waals surface area contributed by atoms with Crippen molar-refractivity contribution in [2.45, 2.75) is 99.8 Å². The van der Waals surface area contributed by atoms with Crippen LogP contribution in [0.25, 0.3) is 0 Å². The summed E-state index contributed by atoms with van der Waals surface area (Å²) >= 11 is 0. The Hall–Kier alpha value is -5.60. The van der Waals surface area contributed by atoms with Crippen LogP contribution in [0.4, 0.5) is 0 Å². The quantitative estimate of drug-likeness (QED) is 0.0801. The van der Waals surface area contributed by atoms with Crippen molar-refractivity contribution in [3.05, 3.63) is 108 Å². The lowest BCUT2D eigenvalue weighted by molar-refractivity contribution is -0.193. The number of benzene rings is 3. The Bertz CT molecular complexity index is 1830. The average Bonchev–Trinajstić information content (AvgIpc) is 3.22. The van der Waals surface area contributed by atoms with E-state index in [0.717, 1.165) is 16.7 Å². The summed E-state index contributed by atoms with van der Waals surface area (Å²) in [7, 11) is 3.07. The van der Waals surface area contributed by atoms with Gasteiger partial charge in [0.2, 0.25) is 35.4 Å². The number of aryl methyl sites for hydroxylation is 2. The van der Waals surface area contributed by atoms with Crippen LogP contribution in [-0.4, -0.2) is 90.0 Å². The van der Waals surface area contributed by atoms with Crippen molar-refractivity contribution in [2.24, 2.45) is 22.7 Å². The van der Waals surface area contributed by atoms with Gasteiger partial charge in [0.1, 0.15) is 18.7 Å². The van der Waals surface area contributed by atoms with E-state index in [1.54, 1.807) is 7.05 Å². The molecule has 0 fully saturated rings. The van der Waals surface area contributed by atoms with Gasteiger partial charge in [0.15, 0.2) is 0 Å². The van der Waals surface area contributed by atoms with Crippen molar-refractivity contribution in [3.8, 4) is 0 Å². The van der Waals surface area contributed by atoms with E-state index >= 15 is 0 Å². The Labute approximate surface area is 362 Å². The maximum absolute atomic E-state index is 13.4. The molecule has 334 valence electrons. The number of nitrogens with zero attached hydrogens (tertiary/aromatic N) is 2. The zero-order valence-corrected chi connectivity index (χ0v) is 37.6. The van der Waals surface area contributed by atoms with Crippen LogP contribution in [0.5, 0.6) is 0 Å². The third kappa shape index (κ3) is 18.7. The molecule has 0 aliphatic carbocycles. The molecule has 0 spiro atoms. The second-order valence-electron chi connectivity index (χ2n) is 17.2. The van der Waals surface area contributed by atoms with Gasteiger partial charge in [0, 0.05) is 27.9 Å². The molecule has 0 saturated heterocycles. The molecule has 3 rings (SSSR count). The van der Waals surface area contributed by atoms with Gasteiger partial charge in [-0.25, -0.2) is 10.1 Å². The van der Waals surface area contributed by atoms with Crippen LogP contribution in [0.1, 0.15) is 84.9 Å². The summed E-state index contributed by atoms with van der Waals surface area (Å²) < 4.78 is 0. The standard InChI is InChI=1S/C27H37N3O4.C20H31N3O4/c1-20(31)30(34-19-22-14-10-7-11-15-22)18-23(17-16-21-12-8-6-9-13-21)25(32)29-24(26(33)28-5)27(2,3)4;1-14(24)23(27)13-16(12-11-15-9-7-6-8-10-15)18(25)22-17(19(26)21-5)20(2,3)4/h6-15,23-24H,16-19H2,1-5H3,(H,28,33)(H,29,32);6-10,16-17,27H,11-13H2,1-5H3,(H,21,26)(H,22,25)/t23-,24+;16-,17+/m00/s1. The molecule has 0 radical (unpaired) electrons. The molecule has 14 heteroatoms. The van der Waals surface area contributed by atoms with E-state index in [0.29, 0.717) is 30.7 Å². The Morgan fingerprint density at radius 3 is 1.25 bits per heavy atom. The molecule has 4 atom stereocenters. The summed E-state index contributed by atoms with van der Waals surface area (Å²) in [6, 6.07) is 27.6. The van der Waals surface area contributed by atoms with Crippen molar-refractivity contribution < 1.29 is 38.8 Å². The smallest absolute Gasteiger partial charge is 0.243 e. The topological polar surface area (TPSA) is 186 Å². The maximum Gasteiger partial charge on any atom is 0.243 e. The molecular formula is C47H68N6O8. The maximum atomic E-state index is 13.4. The van der Waals surface area contributed by atoms with E-state index < -0.39 is 40.7 Å². The molecule has 61 heavy (non-hydrogen) atoms. The van der Waals surface area contributed by atoms with Crippen molar-refractivity contribution in [1.29, 1.82) is 0 Å². The second-order valence-corrected chi connectivity index (χ2v) is 17.2. The monoisotopic (exact) mass is 845 g/mol. The van der Waals surface area contributed by atoms with Gasteiger partial charge in [-0.3, -0.25) is 38.8 Å². The summed E-state index contributed by atoms with van der Waals surface area (Å²) in [6.45, 7) is 14.1. The average molecular weight is 845 g/mol. The molecule has 14 nitrogen and oxygen atoms in total. The highest BCUT2D eigenvalue weighted by atomic mass is 16.7.